The van der Waals surface area contributed by atoms with Gasteiger partial charge in [-0.05, 0) is 42.2 Å². The molecule has 1 aliphatic rings. The van der Waals surface area contributed by atoms with Crippen LogP contribution in [0.5, 0.6) is 0 Å². The molecule has 2 heterocycles. The molecule has 0 fully saturated rings. The molecule has 3 nitrogen and oxygen atoms in total. The number of aryl methyl sites for hydroxylation is 2. The van der Waals surface area contributed by atoms with Crippen LogP contribution in [0.2, 0.25) is 5.15 Å². The summed E-state index contributed by atoms with van der Waals surface area (Å²) in [5, 5.41) is 12.4. The Morgan fingerprint density at radius 2 is 2.10 bits per heavy atom. The number of pyridine rings is 1. The number of hydrogen-bond acceptors (Lipinski definition) is 2. The molecule has 0 aliphatic heterocycles. The molecule has 1 aromatic carbocycles. The van der Waals surface area contributed by atoms with Crippen LogP contribution in [0.3, 0.4) is 0 Å². The minimum Gasteiger partial charge on any atom is -0.512 e. The number of rotatable bonds is 0. The molecule has 0 radical (unpaired) electrons. The van der Waals surface area contributed by atoms with E-state index in [0.717, 1.165) is 39.4 Å². The van der Waals surface area contributed by atoms with Crippen molar-refractivity contribution in [2.45, 2.75) is 19.8 Å². The molecule has 0 saturated carbocycles. The third-order valence-electron chi connectivity index (χ3n) is 4.03. The highest BCUT2D eigenvalue weighted by molar-refractivity contribution is 6.37. The molecule has 20 heavy (non-hydrogen) atoms. The summed E-state index contributed by atoms with van der Waals surface area (Å²) < 4.78 is 0. The van der Waals surface area contributed by atoms with Crippen LogP contribution in [0, 0.1) is 6.92 Å². The van der Waals surface area contributed by atoms with E-state index in [4.69, 9.17) is 11.6 Å². The largest absolute Gasteiger partial charge is 0.512 e. The van der Waals surface area contributed by atoms with Crippen LogP contribution in [-0.4, -0.2) is 15.1 Å². The number of aromatic nitrogens is 2. The maximum Gasteiger partial charge on any atom is 0.139 e. The lowest BCUT2D eigenvalue weighted by Gasteiger charge is -2.14. The van der Waals surface area contributed by atoms with Crippen molar-refractivity contribution in [1.82, 2.24) is 9.97 Å². The van der Waals surface area contributed by atoms with Crippen molar-refractivity contribution in [2.24, 2.45) is 0 Å². The van der Waals surface area contributed by atoms with E-state index in [2.05, 4.69) is 9.97 Å². The van der Waals surface area contributed by atoms with E-state index in [9.17, 15) is 5.11 Å². The van der Waals surface area contributed by atoms with Gasteiger partial charge >= 0.3 is 0 Å². The molecule has 100 valence electrons. The number of nitrogens with one attached hydrogen (secondary N) is 1. The molecule has 3 aromatic rings. The molecular formula is C16H13ClN2O. The lowest BCUT2D eigenvalue weighted by Crippen LogP contribution is -1.99. The fourth-order valence-corrected chi connectivity index (χ4v) is 3.31. The summed E-state index contributed by atoms with van der Waals surface area (Å²) in [5.74, 6) is 0.442. The monoisotopic (exact) mass is 284 g/mol. The van der Waals surface area contributed by atoms with Gasteiger partial charge in [-0.25, -0.2) is 4.98 Å². The summed E-state index contributed by atoms with van der Waals surface area (Å²) >= 11 is 6.32. The van der Waals surface area contributed by atoms with Gasteiger partial charge in [-0.2, -0.15) is 0 Å². The van der Waals surface area contributed by atoms with E-state index in [-0.39, 0.29) is 0 Å². The fraction of sp³-hybridized carbons (Fsp3) is 0.188. The van der Waals surface area contributed by atoms with Crippen molar-refractivity contribution in [2.75, 3.05) is 0 Å². The van der Waals surface area contributed by atoms with Gasteiger partial charge in [0, 0.05) is 28.9 Å². The van der Waals surface area contributed by atoms with Crippen LogP contribution >= 0.6 is 11.6 Å². The fourth-order valence-electron chi connectivity index (χ4n) is 3.07. The third kappa shape index (κ3) is 1.50. The van der Waals surface area contributed by atoms with Gasteiger partial charge < -0.3 is 10.1 Å². The molecular weight excluding hydrogens is 272 g/mol. The quantitative estimate of drug-likeness (QED) is 0.596. The second-order valence-electron chi connectivity index (χ2n) is 5.30. The number of nitrogens with zero attached hydrogens (tertiary/aromatic N) is 1. The average molecular weight is 285 g/mol. The SMILES string of the molecule is Cc1cnc(Cl)c2c1[nH]c1ccc3c(c12)CCC(O)=C3. The Morgan fingerprint density at radius 3 is 2.95 bits per heavy atom. The van der Waals surface area contributed by atoms with E-state index in [1.165, 1.54) is 5.56 Å². The number of aliphatic hydroxyl groups excluding tert-OH is 1. The van der Waals surface area contributed by atoms with Gasteiger partial charge in [0.1, 0.15) is 5.15 Å². The Kier molecular flexibility index (Phi) is 2.36. The van der Waals surface area contributed by atoms with E-state index in [1.54, 1.807) is 6.20 Å². The molecule has 2 N–H and O–H groups in total. The predicted molar refractivity (Wildman–Crippen MR) is 82.3 cm³/mol. The number of aromatic amines is 1. The smallest absolute Gasteiger partial charge is 0.139 e. The van der Waals surface area contributed by atoms with Crippen molar-refractivity contribution >= 4 is 39.5 Å². The van der Waals surface area contributed by atoms with Crippen LogP contribution in [0.15, 0.2) is 24.1 Å². The number of hydrogen-bond donors (Lipinski definition) is 2. The summed E-state index contributed by atoms with van der Waals surface area (Å²) in [7, 11) is 0. The highest BCUT2D eigenvalue weighted by atomic mass is 35.5. The number of allylic oxidation sites excluding steroid dienone is 1. The third-order valence-corrected chi connectivity index (χ3v) is 4.32. The second-order valence-corrected chi connectivity index (χ2v) is 5.66. The summed E-state index contributed by atoms with van der Waals surface area (Å²) in [6, 6.07) is 4.08. The topological polar surface area (TPSA) is 48.9 Å². The number of halogens is 1. The van der Waals surface area contributed by atoms with E-state index in [1.807, 2.05) is 25.1 Å². The van der Waals surface area contributed by atoms with Gasteiger partial charge in [-0.3, -0.25) is 0 Å². The molecule has 4 rings (SSSR count). The van der Waals surface area contributed by atoms with Crippen molar-refractivity contribution < 1.29 is 5.11 Å². The van der Waals surface area contributed by atoms with Crippen molar-refractivity contribution in [3.05, 3.63) is 45.9 Å². The average Bonchev–Trinajstić information content (AvgIpc) is 2.83. The minimum atomic E-state index is 0.442. The Hall–Kier alpha value is -2.00. The summed E-state index contributed by atoms with van der Waals surface area (Å²) in [5.41, 5.74) is 5.52. The van der Waals surface area contributed by atoms with Gasteiger partial charge in [-0.15, -0.1) is 0 Å². The molecule has 0 saturated heterocycles. The van der Waals surface area contributed by atoms with Gasteiger partial charge in [0.2, 0.25) is 0 Å². The Balaban J connectivity index is 2.23. The van der Waals surface area contributed by atoms with Crippen LogP contribution in [0.25, 0.3) is 27.9 Å². The van der Waals surface area contributed by atoms with Crippen molar-refractivity contribution in [3.63, 3.8) is 0 Å². The van der Waals surface area contributed by atoms with E-state index in [0.29, 0.717) is 17.3 Å². The summed E-state index contributed by atoms with van der Waals surface area (Å²) in [4.78, 5) is 7.71. The van der Waals surface area contributed by atoms with Crippen LogP contribution in [-0.2, 0) is 6.42 Å². The van der Waals surface area contributed by atoms with Gasteiger partial charge in [0.05, 0.1) is 11.3 Å². The van der Waals surface area contributed by atoms with Crippen molar-refractivity contribution in [3.8, 4) is 0 Å². The molecule has 1 aliphatic carbocycles. The first-order chi connectivity index (χ1) is 9.65. The minimum absolute atomic E-state index is 0.442. The standard InChI is InChI=1S/C16H13ClN2O/c1-8-7-18-16(17)14-13-11-4-3-10(20)6-9(11)2-5-12(13)19-15(8)14/h2,5-7,19-20H,3-4H2,1H3. The molecule has 2 aromatic heterocycles. The predicted octanol–water partition coefficient (Wildman–Crippen LogP) is 4.52. The first-order valence-electron chi connectivity index (χ1n) is 6.63. The zero-order chi connectivity index (χ0) is 13.9. The first-order valence-corrected chi connectivity index (χ1v) is 7.01. The molecule has 0 bridgehead atoms. The molecule has 4 heteroatoms. The molecule has 0 unspecified atom stereocenters. The Morgan fingerprint density at radius 1 is 1.25 bits per heavy atom. The van der Waals surface area contributed by atoms with Gasteiger partial charge in [0.25, 0.3) is 0 Å². The molecule has 0 amide bonds. The number of fused-ring (bicyclic) bond motifs is 5. The first kappa shape index (κ1) is 11.8. The van der Waals surface area contributed by atoms with Crippen molar-refractivity contribution in [1.29, 1.82) is 0 Å². The Labute approximate surface area is 120 Å². The normalized spacial score (nSPS) is 14.6. The van der Waals surface area contributed by atoms with Gasteiger partial charge in [-0.1, -0.05) is 17.7 Å². The molecule has 0 atom stereocenters. The lowest BCUT2D eigenvalue weighted by molar-refractivity contribution is 0.392. The number of H-pyrrole nitrogens is 1. The zero-order valence-electron chi connectivity index (χ0n) is 11.0. The highest BCUT2D eigenvalue weighted by Gasteiger charge is 2.18. The lowest BCUT2D eigenvalue weighted by atomic mass is 9.92. The second kappa shape index (κ2) is 4.00. The van der Waals surface area contributed by atoms with E-state index >= 15 is 0 Å². The molecule has 0 spiro atoms. The van der Waals surface area contributed by atoms with E-state index < -0.39 is 0 Å². The van der Waals surface area contributed by atoms with Crippen LogP contribution < -0.4 is 0 Å². The number of aliphatic hydroxyl groups is 1. The zero-order valence-corrected chi connectivity index (χ0v) is 11.8. The summed E-state index contributed by atoms with van der Waals surface area (Å²) in [6.07, 6.45) is 5.13. The van der Waals surface area contributed by atoms with Crippen LogP contribution in [0.1, 0.15) is 23.1 Å². The highest BCUT2D eigenvalue weighted by Crippen LogP contribution is 2.37. The number of benzene rings is 1. The van der Waals surface area contributed by atoms with Crippen LogP contribution in [0.4, 0.5) is 0 Å². The van der Waals surface area contributed by atoms with Gasteiger partial charge in [0.15, 0.2) is 0 Å². The Bertz CT molecular complexity index is 893. The summed E-state index contributed by atoms with van der Waals surface area (Å²) in [6.45, 7) is 2.03. The maximum atomic E-state index is 9.71. The maximum absolute atomic E-state index is 9.71.